The van der Waals surface area contributed by atoms with Crippen molar-refractivity contribution in [1.29, 1.82) is 0 Å². The maximum Gasteiger partial charge on any atom is 0.270 e. The molecular formula is C17H21N3O3. The van der Waals surface area contributed by atoms with E-state index in [2.05, 4.69) is 4.98 Å². The molecule has 3 heterocycles. The van der Waals surface area contributed by atoms with Crippen molar-refractivity contribution in [2.75, 3.05) is 13.1 Å². The van der Waals surface area contributed by atoms with Gasteiger partial charge in [-0.3, -0.25) is 9.78 Å². The number of hydrogen-bond donors (Lipinski definition) is 1. The summed E-state index contributed by atoms with van der Waals surface area (Å²) in [6, 6.07) is 7.28. The molecule has 0 radical (unpaired) electrons. The first-order chi connectivity index (χ1) is 11.1. The van der Waals surface area contributed by atoms with Gasteiger partial charge in [0.15, 0.2) is 0 Å². The fraction of sp³-hybridized carbons (Fsp3) is 0.412. The van der Waals surface area contributed by atoms with Crippen molar-refractivity contribution in [3.63, 3.8) is 0 Å². The van der Waals surface area contributed by atoms with E-state index in [0.29, 0.717) is 37.4 Å². The number of rotatable bonds is 3. The molecule has 1 N–H and O–H groups in total. The molecule has 2 aromatic rings. The van der Waals surface area contributed by atoms with Crippen molar-refractivity contribution in [3.05, 3.63) is 48.5 Å². The Morgan fingerprint density at radius 1 is 1.30 bits per heavy atom. The normalized spacial score (nSPS) is 21.7. The van der Waals surface area contributed by atoms with Gasteiger partial charge in [0.1, 0.15) is 17.5 Å². The number of carbonyl (C=O) groups excluding carboxylic acids is 1. The SMILES string of the molecule is Cn1cccc1C(=O)N1CC[C@H](Oc2cccnc2)[C@@H](O)CC1. The van der Waals surface area contributed by atoms with Crippen LogP contribution in [-0.4, -0.2) is 50.8 Å². The molecule has 0 bridgehead atoms. The highest BCUT2D eigenvalue weighted by atomic mass is 16.5. The molecule has 1 amide bonds. The van der Waals surface area contributed by atoms with Crippen LogP contribution in [0.1, 0.15) is 23.3 Å². The fourth-order valence-electron chi connectivity index (χ4n) is 2.84. The number of ether oxygens (including phenoxy) is 1. The van der Waals surface area contributed by atoms with Crippen LogP contribution in [0.5, 0.6) is 5.75 Å². The Morgan fingerprint density at radius 2 is 2.13 bits per heavy atom. The molecule has 0 unspecified atom stereocenters. The lowest BCUT2D eigenvalue weighted by molar-refractivity contribution is 0.0348. The molecule has 6 heteroatoms. The Hall–Kier alpha value is -2.34. The molecule has 6 nitrogen and oxygen atoms in total. The van der Waals surface area contributed by atoms with Gasteiger partial charge in [-0.05, 0) is 30.7 Å². The van der Waals surface area contributed by atoms with Crippen molar-refractivity contribution in [1.82, 2.24) is 14.5 Å². The zero-order valence-corrected chi connectivity index (χ0v) is 13.1. The Kier molecular flexibility index (Phi) is 4.62. The molecule has 1 aliphatic heterocycles. The van der Waals surface area contributed by atoms with Crippen molar-refractivity contribution in [2.45, 2.75) is 25.0 Å². The largest absolute Gasteiger partial charge is 0.486 e. The molecular weight excluding hydrogens is 294 g/mol. The molecule has 0 saturated carbocycles. The van der Waals surface area contributed by atoms with Gasteiger partial charge in [0.2, 0.25) is 0 Å². The average molecular weight is 315 g/mol. The van der Waals surface area contributed by atoms with Crippen LogP contribution in [0.25, 0.3) is 0 Å². The fourth-order valence-corrected chi connectivity index (χ4v) is 2.84. The molecule has 1 aliphatic rings. The maximum absolute atomic E-state index is 12.6. The van der Waals surface area contributed by atoms with E-state index in [1.807, 2.05) is 36.0 Å². The van der Waals surface area contributed by atoms with Gasteiger partial charge >= 0.3 is 0 Å². The molecule has 23 heavy (non-hydrogen) atoms. The standard InChI is InChI=1S/C17H21N3O3/c1-19-9-3-5-14(19)17(22)20-10-6-15(21)16(7-11-20)23-13-4-2-8-18-12-13/h2-5,8-9,12,15-16,21H,6-7,10-11H2,1H3/t15-,16-/m0/s1. The number of pyridine rings is 1. The molecule has 0 aliphatic carbocycles. The summed E-state index contributed by atoms with van der Waals surface area (Å²) in [7, 11) is 1.86. The second kappa shape index (κ2) is 6.83. The van der Waals surface area contributed by atoms with Crippen molar-refractivity contribution < 1.29 is 14.6 Å². The summed E-state index contributed by atoms with van der Waals surface area (Å²) in [5.74, 6) is 0.630. The topological polar surface area (TPSA) is 67.6 Å². The molecule has 1 saturated heterocycles. The molecule has 0 spiro atoms. The number of likely N-dealkylation sites (tertiary alicyclic amines) is 1. The quantitative estimate of drug-likeness (QED) is 0.931. The van der Waals surface area contributed by atoms with Gasteiger partial charge in [-0.1, -0.05) is 0 Å². The van der Waals surface area contributed by atoms with Crippen molar-refractivity contribution in [3.8, 4) is 5.75 Å². The van der Waals surface area contributed by atoms with Crippen molar-refractivity contribution in [2.24, 2.45) is 7.05 Å². The number of hydrogen-bond acceptors (Lipinski definition) is 4. The van der Waals surface area contributed by atoms with E-state index in [1.165, 1.54) is 0 Å². The summed E-state index contributed by atoms with van der Waals surface area (Å²) in [4.78, 5) is 18.4. The number of amides is 1. The van der Waals surface area contributed by atoms with E-state index in [9.17, 15) is 9.90 Å². The molecule has 0 aromatic carbocycles. The van der Waals surface area contributed by atoms with Crippen molar-refractivity contribution >= 4 is 5.91 Å². The van der Waals surface area contributed by atoms with E-state index in [1.54, 1.807) is 23.4 Å². The van der Waals surface area contributed by atoms with Crippen LogP contribution in [0.3, 0.4) is 0 Å². The van der Waals surface area contributed by atoms with Gasteiger partial charge in [0.05, 0.1) is 12.3 Å². The smallest absolute Gasteiger partial charge is 0.270 e. The van der Waals surface area contributed by atoms with Gasteiger partial charge in [-0.25, -0.2) is 0 Å². The molecule has 3 rings (SSSR count). The summed E-state index contributed by atoms with van der Waals surface area (Å²) < 4.78 is 7.65. The predicted octanol–water partition coefficient (Wildman–Crippen LogP) is 1.46. The summed E-state index contributed by atoms with van der Waals surface area (Å²) in [6.07, 6.45) is 5.33. The van der Waals surface area contributed by atoms with Gasteiger partial charge in [0, 0.05) is 39.0 Å². The van der Waals surface area contributed by atoms with Gasteiger partial charge < -0.3 is 19.3 Å². The second-order valence-corrected chi connectivity index (χ2v) is 5.79. The Morgan fingerprint density at radius 3 is 2.83 bits per heavy atom. The number of aliphatic hydroxyl groups excluding tert-OH is 1. The van der Waals surface area contributed by atoms with E-state index < -0.39 is 6.10 Å². The van der Waals surface area contributed by atoms with Crippen LogP contribution in [0.15, 0.2) is 42.9 Å². The molecule has 2 atom stereocenters. The maximum atomic E-state index is 12.6. The van der Waals surface area contributed by atoms with Crippen LogP contribution in [0.4, 0.5) is 0 Å². The van der Waals surface area contributed by atoms with Gasteiger partial charge in [0.25, 0.3) is 5.91 Å². The molecule has 122 valence electrons. The number of aryl methyl sites for hydroxylation is 1. The highest BCUT2D eigenvalue weighted by Crippen LogP contribution is 2.20. The second-order valence-electron chi connectivity index (χ2n) is 5.79. The van der Waals surface area contributed by atoms with E-state index in [0.717, 1.165) is 0 Å². The highest BCUT2D eigenvalue weighted by molar-refractivity contribution is 5.92. The number of aromatic nitrogens is 2. The van der Waals surface area contributed by atoms with E-state index in [-0.39, 0.29) is 12.0 Å². The third-order valence-corrected chi connectivity index (χ3v) is 4.18. The van der Waals surface area contributed by atoms with Crippen LogP contribution < -0.4 is 4.74 Å². The number of carbonyl (C=O) groups is 1. The van der Waals surface area contributed by atoms with Crippen LogP contribution in [-0.2, 0) is 7.05 Å². The zero-order valence-electron chi connectivity index (χ0n) is 13.1. The monoisotopic (exact) mass is 315 g/mol. The Labute approximate surface area is 135 Å². The van der Waals surface area contributed by atoms with Gasteiger partial charge in [-0.15, -0.1) is 0 Å². The number of aliphatic hydroxyl groups is 1. The van der Waals surface area contributed by atoms with Gasteiger partial charge in [-0.2, -0.15) is 0 Å². The lowest BCUT2D eigenvalue weighted by atomic mass is 10.1. The first kappa shape index (κ1) is 15.6. The third kappa shape index (κ3) is 3.53. The first-order valence-electron chi connectivity index (χ1n) is 7.80. The van der Waals surface area contributed by atoms with Crippen LogP contribution >= 0.6 is 0 Å². The molecule has 1 fully saturated rings. The van der Waals surface area contributed by atoms with Crippen LogP contribution in [0.2, 0.25) is 0 Å². The lowest BCUT2D eigenvalue weighted by Gasteiger charge is -2.21. The zero-order chi connectivity index (χ0) is 16.2. The van der Waals surface area contributed by atoms with Crippen LogP contribution in [0, 0.1) is 0 Å². The Balaban J connectivity index is 1.66. The average Bonchev–Trinajstić information content (AvgIpc) is 2.91. The summed E-state index contributed by atoms with van der Waals surface area (Å²) in [5.41, 5.74) is 0.658. The van der Waals surface area contributed by atoms with E-state index in [4.69, 9.17) is 4.74 Å². The lowest BCUT2D eigenvalue weighted by Crippen LogP contribution is -2.33. The summed E-state index contributed by atoms with van der Waals surface area (Å²) in [5, 5.41) is 10.3. The summed E-state index contributed by atoms with van der Waals surface area (Å²) >= 11 is 0. The number of nitrogens with zero attached hydrogens (tertiary/aromatic N) is 3. The minimum absolute atomic E-state index is 0.00766. The predicted molar refractivity (Wildman–Crippen MR) is 85.2 cm³/mol. The first-order valence-corrected chi connectivity index (χ1v) is 7.80. The molecule has 2 aromatic heterocycles. The van der Waals surface area contributed by atoms with E-state index >= 15 is 0 Å². The highest BCUT2D eigenvalue weighted by Gasteiger charge is 2.29. The minimum atomic E-state index is -0.596. The minimum Gasteiger partial charge on any atom is -0.486 e. The summed E-state index contributed by atoms with van der Waals surface area (Å²) in [6.45, 7) is 1.09. The Bertz CT molecular complexity index is 656. The third-order valence-electron chi connectivity index (χ3n) is 4.18.